The van der Waals surface area contributed by atoms with Gasteiger partial charge >= 0.3 is 0 Å². The molecule has 1 N–H and O–H groups in total. The van der Waals surface area contributed by atoms with Crippen molar-refractivity contribution >= 4 is 28.4 Å². The number of hydrogen-bond donors (Lipinski definition) is 1. The first-order chi connectivity index (χ1) is 9.55. The average Bonchev–Trinajstić information content (AvgIpc) is 2.40. The second-order valence-electron chi connectivity index (χ2n) is 4.92. The maximum atomic E-state index is 4.73. The third-order valence-corrected chi connectivity index (χ3v) is 4.21. The van der Waals surface area contributed by atoms with Crippen LogP contribution in [0.25, 0.3) is 11.4 Å². The molecule has 0 fully saturated rings. The third-order valence-electron chi connectivity index (χ3n) is 3.08. The van der Waals surface area contributed by atoms with Crippen LogP contribution in [0.2, 0.25) is 0 Å². The van der Waals surface area contributed by atoms with E-state index >= 15 is 0 Å². The Labute approximate surface area is 134 Å². The van der Waals surface area contributed by atoms with Crippen LogP contribution in [0.1, 0.15) is 30.7 Å². The van der Waals surface area contributed by atoms with E-state index in [-0.39, 0.29) is 0 Å². The van der Waals surface area contributed by atoms with Crippen molar-refractivity contribution < 1.29 is 0 Å². The maximum Gasteiger partial charge on any atom is 0.161 e. The molecule has 0 atom stereocenters. The van der Waals surface area contributed by atoms with Crippen LogP contribution in [0, 0.1) is 17.4 Å². The lowest BCUT2D eigenvalue weighted by Gasteiger charge is -2.12. The largest absolute Gasteiger partial charge is 0.369 e. The maximum absolute atomic E-state index is 4.73. The quantitative estimate of drug-likeness (QED) is 0.800. The standard InChI is InChI=1S/C16H20IN3/c1-5-13-14(17)16(18-6-2)20-15(19-13)12-8-10(3)7-11(4)9-12/h7-9H,5-6H2,1-4H3,(H,18,19,20). The van der Waals surface area contributed by atoms with Gasteiger partial charge in [-0.15, -0.1) is 0 Å². The van der Waals surface area contributed by atoms with E-state index in [4.69, 9.17) is 9.97 Å². The molecule has 20 heavy (non-hydrogen) atoms. The minimum atomic E-state index is 0.810. The Kier molecular flexibility index (Phi) is 4.96. The highest BCUT2D eigenvalue weighted by Crippen LogP contribution is 2.25. The van der Waals surface area contributed by atoms with E-state index in [1.54, 1.807) is 0 Å². The number of anilines is 1. The number of aryl methyl sites for hydroxylation is 3. The van der Waals surface area contributed by atoms with Gasteiger partial charge in [0.25, 0.3) is 0 Å². The molecule has 2 rings (SSSR count). The summed E-state index contributed by atoms with van der Waals surface area (Å²) in [5.41, 5.74) is 4.67. The van der Waals surface area contributed by atoms with Gasteiger partial charge in [-0.1, -0.05) is 24.1 Å². The molecule has 1 aromatic carbocycles. The van der Waals surface area contributed by atoms with Crippen molar-refractivity contribution in [1.29, 1.82) is 0 Å². The summed E-state index contributed by atoms with van der Waals surface area (Å²) in [6.45, 7) is 9.29. The molecule has 3 nitrogen and oxygen atoms in total. The van der Waals surface area contributed by atoms with Gasteiger partial charge < -0.3 is 5.32 Å². The van der Waals surface area contributed by atoms with E-state index in [1.165, 1.54) is 11.1 Å². The Balaban J connectivity index is 2.58. The fraction of sp³-hybridized carbons (Fsp3) is 0.375. The number of nitrogens with one attached hydrogen (secondary N) is 1. The molecule has 106 valence electrons. The number of benzene rings is 1. The monoisotopic (exact) mass is 381 g/mol. The van der Waals surface area contributed by atoms with Crippen molar-refractivity contribution in [3.8, 4) is 11.4 Å². The van der Waals surface area contributed by atoms with E-state index in [0.717, 1.165) is 39.4 Å². The summed E-state index contributed by atoms with van der Waals surface area (Å²) in [6, 6.07) is 6.46. The van der Waals surface area contributed by atoms with Gasteiger partial charge in [-0.25, -0.2) is 9.97 Å². The average molecular weight is 381 g/mol. The van der Waals surface area contributed by atoms with Crippen molar-refractivity contribution in [3.63, 3.8) is 0 Å². The normalized spacial score (nSPS) is 10.7. The molecule has 0 amide bonds. The number of halogens is 1. The van der Waals surface area contributed by atoms with Crippen LogP contribution < -0.4 is 5.32 Å². The second-order valence-corrected chi connectivity index (χ2v) is 6.00. The van der Waals surface area contributed by atoms with E-state index in [1.807, 2.05) is 0 Å². The van der Waals surface area contributed by atoms with Gasteiger partial charge in [0.2, 0.25) is 0 Å². The predicted molar refractivity (Wildman–Crippen MR) is 93.2 cm³/mol. The molecule has 0 aliphatic rings. The van der Waals surface area contributed by atoms with E-state index in [0.29, 0.717) is 0 Å². The van der Waals surface area contributed by atoms with Gasteiger partial charge in [0.05, 0.1) is 9.26 Å². The molecule has 1 heterocycles. The Morgan fingerprint density at radius 2 is 1.70 bits per heavy atom. The van der Waals surface area contributed by atoms with Crippen LogP contribution in [0.15, 0.2) is 18.2 Å². The highest BCUT2D eigenvalue weighted by atomic mass is 127. The molecule has 0 saturated carbocycles. The number of nitrogens with zero attached hydrogens (tertiary/aromatic N) is 2. The summed E-state index contributed by atoms with van der Waals surface area (Å²) < 4.78 is 1.13. The van der Waals surface area contributed by atoms with Gasteiger partial charge in [-0.05, 0) is 61.9 Å². The molecule has 0 radical (unpaired) electrons. The van der Waals surface area contributed by atoms with Crippen LogP contribution in [0.4, 0.5) is 5.82 Å². The molecule has 2 aromatic rings. The molecule has 0 saturated heterocycles. The zero-order valence-corrected chi connectivity index (χ0v) is 14.6. The van der Waals surface area contributed by atoms with E-state index in [2.05, 4.69) is 73.8 Å². The lowest BCUT2D eigenvalue weighted by atomic mass is 10.1. The topological polar surface area (TPSA) is 37.8 Å². The van der Waals surface area contributed by atoms with Gasteiger partial charge in [-0.3, -0.25) is 0 Å². The van der Waals surface area contributed by atoms with Gasteiger partial charge in [-0.2, -0.15) is 0 Å². The Hall–Kier alpha value is -1.17. The van der Waals surface area contributed by atoms with Crippen LogP contribution in [0.5, 0.6) is 0 Å². The van der Waals surface area contributed by atoms with E-state index in [9.17, 15) is 0 Å². The summed E-state index contributed by atoms with van der Waals surface area (Å²) in [6.07, 6.45) is 0.914. The van der Waals surface area contributed by atoms with E-state index < -0.39 is 0 Å². The molecule has 0 aliphatic carbocycles. The van der Waals surface area contributed by atoms with Crippen molar-refractivity contribution in [2.45, 2.75) is 34.1 Å². The van der Waals surface area contributed by atoms with Gasteiger partial charge in [0.1, 0.15) is 5.82 Å². The minimum absolute atomic E-state index is 0.810. The molecule has 4 heteroatoms. The first-order valence-electron chi connectivity index (χ1n) is 6.94. The summed E-state index contributed by atoms with van der Waals surface area (Å²) >= 11 is 2.33. The highest BCUT2D eigenvalue weighted by Gasteiger charge is 2.12. The van der Waals surface area contributed by atoms with Gasteiger partial charge in [0.15, 0.2) is 5.82 Å². The van der Waals surface area contributed by atoms with Crippen molar-refractivity contribution in [2.75, 3.05) is 11.9 Å². The lowest BCUT2D eigenvalue weighted by molar-refractivity contribution is 0.982. The molecule has 0 unspecified atom stereocenters. The Bertz CT molecular complexity index is 603. The number of rotatable bonds is 4. The first-order valence-corrected chi connectivity index (χ1v) is 8.02. The fourth-order valence-corrected chi connectivity index (χ4v) is 3.06. The Morgan fingerprint density at radius 3 is 2.25 bits per heavy atom. The summed E-state index contributed by atoms with van der Waals surface area (Å²) in [5, 5.41) is 3.33. The molecular weight excluding hydrogens is 361 g/mol. The van der Waals surface area contributed by atoms with Crippen LogP contribution >= 0.6 is 22.6 Å². The van der Waals surface area contributed by atoms with Crippen molar-refractivity contribution in [2.24, 2.45) is 0 Å². The number of aromatic nitrogens is 2. The summed E-state index contributed by atoms with van der Waals surface area (Å²) in [5.74, 6) is 1.75. The van der Waals surface area contributed by atoms with Crippen LogP contribution in [-0.2, 0) is 6.42 Å². The van der Waals surface area contributed by atoms with Crippen LogP contribution in [-0.4, -0.2) is 16.5 Å². The Morgan fingerprint density at radius 1 is 1.05 bits per heavy atom. The van der Waals surface area contributed by atoms with Crippen molar-refractivity contribution in [3.05, 3.63) is 38.6 Å². The highest BCUT2D eigenvalue weighted by molar-refractivity contribution is 14.1. The van der Waals surface area contributed by atoms with Crippen LogP contribution in [0.3, 0.4) is 0 Å². The second kappa shape index (κ2) is 6.52. The zero-order valence-electron chi connectivity index (χ0n) is 12.4. The van der Waals surface area contributed by atoms with Gasteiger partial charge in [0, 0.05) is 12.1 Å². The summed E-state index contributed by atoms with van der Waals surface area (Å²) in [7, 11) is 0. The minimum Gasteiger partial charge on any atom is -0.369 e. The molecule has 0 aliphatic heterocycles. The zero-order chi connectivity index (χ0) is 14.7. The number of hydrogen-bond acceptors (Lipinski definition) is 3. The molecule has 1 aromatic heterocycles. The molecule has 0 bridgehead atoms. The summed E-state index contributed by atoms with van der Waals surface area (Å²) in [4.78, 5) is 9.42. The van der Waals surface area contributed by atoms with Crippen molar-refractivity contribution in [1.82, 2.24) is 9.97 Å². The SMILES string of the molecule is CCNc1nc(-c2cc(C)cc(C)c2)nc(CC)c1I. The fourth-order valence-electron chi connectivity index (χ4n) is 2.25. The molecular formula is C16H20IN3. The molecule has 0 spiro atoms. The lowest BCUT2D eigenvalue weighted by Crippen LogP contribution is -2.07. The smallest absolute Gasteiger partial charge is 0.161 e. The first kappa shape index (κ1) is 15.2. The predicted octanol–water partition coefficient (Wildman–Crippen LogP) is 4.36. The third kappa shape index (κ3) is 3.29.